The monoisotopic (exact) mass is 475 g/mol. The minimum atomic E-state index is -3.98. The second kappa shape index (κ2) is 9.94. The maximum atomic E-state index is 12.7. The third-order valence-electron chi connectivity index (χ3n) is 4.50. The van der Waals surface area contributed by atoms with Crippen LogP contribution in [0.3, 0.4) is 0 Å². The van der Waals surface area contributed by atoms with E-state index < -0.39 is 21.8 Å². The zero-order valence-electron chi connectivity index (χ0n) is 17.4. The van der Waals surface area contributed by atoms with Gasteiger partial charge in [0.2, 0.25) is 10.0 Å². The average Bonchev–Trinajstić information content (AvgIpc) is 3.08. The third kappa shape index (κ3) is 5.94. The van der Waals surface area contributed by atoms with Crippen LogP contribution >= 0.6 is 11.6 Å². The van der Waals surface area contributed by atoms with E-state index in [1.165, 1.54) is 16.8 Å². The first kappa shape index (κ1) is 23.5. The maximum absolute atomic E-state index is 12.7. The lowest BCUT2D eigenvalue weighted by atomic mass is 10.2. The van der Waals surface area contributed by atoms with Crippen molar-refractivity contribution < 1.29 is 18.0 Å². The van der Waals surface area contributed by atoms with Crippen molar-refractivity contribution in [3.05, 3.63) is 82.1 Å². The second-order valence-corrected chi connectivity index (χ2v) is 9.18. The number of hydrogen-bond acceptors (Lipinski definition) is 5. The smallest absolute Gasteiger partial charge is 0.269 e. The summed E-state index contributed by atoms with van der Waals surface area (Å²) >= 11 is 6.07. The number of nitrogens with zero attached hydrogens (tertiary/aromatic N) is 2. The van der Waals surface area contributed by atoms with Crippen LogP contribution in [0.4, 0.5) is 0 Å². The fraction of sp³-hybridized carbons (Fsp3) is 0.190. The van der Waals surface area contributed by atoms with Gasteiger partial charge in [-0.1, -0.05) is 41.9 Å². The number of amides is 2. The highest BCUT2D eigenvalue weighted by Gasteiger charge is 2.20. The molecule has 3 aromatic rings. The molecule has 0 fully saturated rings. The van der Waals surface area contributed by atoms with Crippen LogP contribution in [0.1, 0.15) is 27.3 Å². The molecule has 0 saturated carbocycles. The molecule has 0 bridgehead atoms. The normalized spacial score (nSPS) is 11.2. The second-order valence-electron chi connectivity index (χ2n) is 7.04. The molecule has 2 amide bonds. The van der Waals surface area contributed by atoms with Crippen LogP contribution < -0.4 is 15.6 Å². The van der Waals surface area contributed by atoms with E-state index >= 15 is 0 Å². The standard InChI is InChI=1S/C21H22ClN5O4S/c1-14-10-15(2)27(26-14)13-20(28)24-25-21(29)17-8-9-18(22)19(11-17)32(30,31)23-12-16-6-4-3-5-7-16/h3-11,23H,12-13H2,1-2H3,(H,24,28)(H,25,29). The van der Waals surface area contributed by atoms with Gasteiger partial charge < -0.3 is 0 Å². The molecule has 2 aromatic carbocycles. The topological polar surface area (TPSA) is 122 Å². The predicted molar refractivity (Wildman–Crippen MR) is 119 cm³/mol. The van der Waals surface area contributed by atoms with Gasteiger partial charge in [-0.15, -0.1) is 0 Å². The molecule has 1 heterocycles. The van der Waals surface area contributed by atoms with E-state index in [1.807, 2.05) is 26.0 Å². The number of hydrogen-bond donors (Lipinski definition) is 3. The number of nitrogens with one attached hydrogen (secondary N) is 3. The molecular formula is C21H22ClN5O4S. The van der Waals surface area contributed by atoms with Crippen LogP contribution in [0.5, 0.6) is 0 Å². The van der Waals surface area contributed by atoms with Gasteiger partial charge in [0.05, 0.1) is 10.7 Å². The van der Waals surface area contributed by atoms with Gasteiger partial charge in [0, 0.05) is 17.8 Å². The molecule has 168 valence electrons. The molecule has 0 saturated heterocycles. The summed E-state index contributed by atoms with van der Waals surface area (Å²) < 4.78 is 29.4. The summed E-state index contributed by atoms with van der Waals surface area (Å²) in [6.07, 6.45) is 0. The van der Waals surface area contributed by atoms with Crippen LogP contribution in [0.25, 0.3) is 0 Å². The summed E-state index contributed by atoms with van der Waals surface area (Å²) in [7, 11) is -3.98. The van der Waals surface area contributed by atoms with Crippen molar-refractivity contribution in [2.45, 2.75) is 31.8 Å². The molecular weight excluding hydrogens is 454 g/mol. The van der Waals surface area contributed by atoms with Gasteiger partial charge in [-0.25, -0.2) is 13.1 Å². The Morgan fingerprint density at radius 1 is 1.03 bits per heavy atom. The fourth-order valence-corrected chi connectivity index (χ4v) is 4.45. The first-order chi connectivity index (χ1) is 15.2. The van der Waals surface area contributed by atoms with Gasteiger partial charge in [0.1, 0.15) is 11.4 Å². The Bertz CT molecular complexity index is 1240. The summed E-state index contributed by atoms with van der Waals surface area (Å²) in [5, 5.41) is 4.15. The summed E-state index contributed by atoms with van der Waals surface area (Å²) in [5.74, 6) is -1.18. The largest absolute Gasteiger partial charge is 0.271 e. The van der Waals surface area contributed by atoms with Crippen LogP contribution in [-0.4, -0.2) is 30.0 Å². The number of hydrazine groups is 1. The molecule has 11 heteroatoms. The van der Waals surface area contributed by atoms with Crippen molar-refractivity contribution in [3.63, 3.8) is 0 Å². The van der Waals surface area contributed by atoms with Gasteiger partial charge in [0.15, 0.2) is 0 Å². The molecule has 1 aromatic heterocycles. The zero-order chi connectivity index (χ0) is 23.3. The number of carbonyl (C=O) groups excluding carboxylic acids is 2. The highest BCUT2D eigenvalue weighted by atomic mass is 35.5. The van der Waals surface area contributed by atoms with Crippen LogP contribution in [0.2, 0.25) is 5.02 Å². The Morgan fingerprint density at radius 2 is 1.75 bits per heavy atom. The first-order valence-electron chi connectivity index (χ1n) is 9.59. The Hall–Kier alpha value is -3.21. The zero-order valence-corrected chi connectivity index (χ0v) is 19.0. The molecule has 32 heavy (non-hydrogen) atoms. The molecule has 3 N–H and O–H groups in total. The molecule has 3 rings (SSSR count). The van der Waals surface area contributed by atoms with Crippen LogP contribution in [0.15, 0.2) is 59.5 Å². The van der Waals surface area contributed by atoms with Crippen molar-refractivity contribution in [1.29, 1.82) is 0 Å². The van der Waals surface area contributed by atoms with Crippen molar-refractivity contribution in [3.8, 4) is 0 Å². The lowest BCUT2D eigenvalue weighted by molar-refractivity contribution is -0.122. The van der Waals surface area contributed by atoms with E-state index in [0.29, 0.717) is 0 Å². The number of rotatable bonds is 7. The quantitative estimate of drug-likeness (QED) is 0.452. The molecule has 0 radical (unpaired) electrons. The maximum Gasteiger partial charge on any atom is 0.269 e. The van der Waals surface area contributed by atoms with Crippen molar-refractivity contribution >= 4 is 33.4 Å². The average molecular weight is 476 g/mol. The van der Waals surface area contributed by atoms with Crippen molar-refractivity contribution in [2.24, 2.45) is 0 Å². The van der Waals surface area contributed by atoms with Gasteiger partial charge in [-0.05, 0) is 43.7 Å². The Morgan fingerprint density at radius 3 is 2.41 bits per heavy atom. The molecule has 0 spiro atoms. The van der Waals surface area contributed by atoms with Crippen molar-refractivity contribution in [2.75, 3.05) is 0 Å². The number of sulfonamides is 1. The van der Waals surface area contributed by atoms with Gasteiger partial charge >= 0.3 is 0 Å². The van der Waals surface area contributed by atoms with E-state index in [9.17, 15) is 18.0 Å². The minimum absolute atomic E-state index is 0.0147. The SMILES string of the molecule is Cc1cc(C)n(CC(=O)NNC(=O)c2ccc(Cl)c(S(=O)(=O)NCc3ccccc3)c2)n1. The first-order valence-corrected chi connectivity index (χ1v) is 11.5. The van der Waals surface area contributed by atoms with E-state index in [4.69, 9.17) is 11.6 Å². The molecule has 0 unspecified atom stereocenters. The molecule has 0 aliphatic rings. The number of aromatic nitrogens is 2. The molecule has 0 aliphatic heterocycles. The predicted octanol–water partition coefficient (Wildman–Crippen LogP) is 2.09. The van der Waals surface area contributed by atoms with Gasteiger partial charge in [0.25, 0.3) is 11.8 Å². The van der Waals surface area contributed by atoms with Crippen LogP contribution in [0, 0.1) is 13.8 Å². The molecule has 0 atom stereocenters. The number of carbonyl (C=O) groups is 2. The van der Waals surface area contributed by atoms with Gasteiger partial charge in [-0.2, -0.15) is 5.10 Å². The lowest BCUT2D eigenvalue weighted by Gasteiger charge is -2.11. The Labute approximate surface area is 190 Å². The highest BCUT2D eigenvalue weighted by Crippen LogP contribution is 2.23. The van der Waals surface area contributed by atoms with Crippen LogP contribution in [-0.2, 0) is 27.9 Å². The third-order valence-corrected chi connectivity index (χ3v) is 6.39. The number of halogens is 1. The summed E-state index contributed by atoms with van der Waals surface area (Å²) in [6.45, 7) is 3.61. The van der Waals surface area contributed by atoms with E-state index in [1.54, 1.807) is 24.3 Å². The van der Waals surface area contributed by atoms with Crippen molar-refractivity contribution in [1.82, 2.24) is 25.4 Å². The van der Waals surface area contributed by atoms with E-state index in [2.05, 4.69) is 20.7 Å². The summed E-state index contributed by atoms with van der Waals surface area (Å²) in [6, 6.07) is 14.6. The minimum Gasteiger partial charge on any atom is -0.271 e. The Balaban J connectivity index is 1.65. The number of benzene rings is 2. The highest BCUT2D eigenvalue weighted by molar-refractivity contribution is 7.89. The van der Waals surface area contributed by atoms with Gasteiger partial charge in [-0.3, -0.25) is 25.1 Å². The fourth-order valence-electron chi connectivity index (χ4n) is 2.91. The van der Waals surface area contributed by atoms with E-state index in [0.717, 1.165) is 23.0 Å². The number of aryl methyl sites for hydroxylation is 2. The molecule has 0 aliphatic carbocycles. The van der Waals surface area contributed by atoms with E-state index in [-0.39, 0.29) is 28.6 Å². The lowest BCUT2D eigenvalue weighted by Crippen LogP contribution is -2.43. The summed E-state index contributed by atoms with van der Waals surface area (Å²) in [5.41, 5.74) is 6.91. The Kier molecular flexibility index (Phi) is 7.29. The summed E-state index contributed by atoms with van der Waals surface area (Å²) in [4.78, 5) is 24.3. The molecule has 9 nitrogen and oxygen atoms in total.